The Bertz CT molecular complexity index is 753. The second kappa shape index (κ2) is 6.17. The molecule has 4 nitrogen and oxygen atoms in total. The molecule has 110 valence electrons. The molecule has 7 heteroatoms. The molecule has 2 heterocycles. The van der Waals surface area contributed by atoms with Crippen molar-refractivity contribution >= 4 is 46.7 Å². The fourth-order valence-electron chi connectivity index (χ4n) is 2.23. The summed E-state index contributed by atoms with van der Waals surface area (Å²) < 4.78 is 0. The molecule has 22 heavy (non-hydrogen) atoms. The quantitative estimate of drug-likeness (QED) is 0.820. The first kappa shape index (κ1) is 15.2. The minimum atomic E-state index is -0.325. The van der Waals surface area contributed by atoms with Crippen LogP contribution in [0.15, 0.2) is 36.5 Å². The van der Waals surface area contributed by atoms with Crippen molar-refractivity contribution in [2.24, 2.45) is 0 Å². The number of pyridine rings is 1. The summed E-state index contributed by atoms with van der Waals surface area (Å²) in [6.45, 7) is 0. The Kier molecular flexibility index (Phi) is 4.25. The van der Waals surface area contributed by atoms with Crippen molar-refractivity contribution in [3.05, 3.63) is 57.7 Å². The van der Waals surface area contributed by atoms with E-state index in [-0.39, 0.29) is 11.3 Å². The predicted octanol–water partition coefficient (Wildman–Crippen LogP) is 4.04. The number of amides is 1. The van der Waals surface area contributed by atoms with Gasteiger partial charge in [0.15, 0.2) is 0 Å². The molecule has 2 aromatic rings. The van der Waals surface area contributed by atoms with Gasteiger partial charge >= 0.3 is 0 Å². The normalized spacial score (nSPS) is 17.6. The van der Waals surface area contributed by atoms with E-state index in [0.717, 1.165) is 0 Å². The number of anilines is 1. The van der Waals surface area contributed by atoms with Crippen molar-refractivity contribution in [1.29, 1.82) is 5.26 Å². The van der Waals surface area contributed by atoms with Gasteiger partial charge in [0.2, 0.25) is 5.91 Å². The molecule has 0 bridgehead atoms. The zero-order valence-electron chi connectivity index (χ0n) is 11.2. The number of nitriles is 1. The van der Waals surface area contributed by atoms with E-state index in [0.29, 0.717) is 32.7 Å². The first-order valence-corrected chi connectivity index (χ1v) is 8.16. The molecule has 0 unspecified atom stereocenters. The average Bonchev–Trinajstić information content (AvgIpc) is 2.89. The van der Waals surface area contributed by atoms with Crippen LogP contribution in [0.2, 0.25) is 10.0 Å². The largest absolute Gasteiger partial charge is 0.279 e. The van der Waals surface area contributed by atoms with Gasteiger partial charge in [0.05, 0.1) is 11.3 Å². The van der Waals surface area contributed by atoms with Gasteiger partial charge in [-0.05, 0) is 24.3 Å². The summed E-state index contributed by atoms with van der Waals surface area (Å²) in [7, 11) is 0. The highest BCUT2D eigenvalue weighted by atomic mass is 35.5. The lowest BCUT2D eigenvalue weighted by atomic mass is 10.2. The highest BCUT2D eigenvalue weighted by molar-refractivity contribution is 8.00. The number of carbonyl (C=O) groups excluding carboxylic acids is 1. The molecule has 0 spiro atoms. The van der Waals surface area contributed by atoms with E-state index >= 15 is 0 Å². The molecule has 1 fully saturated rings. The summed E-state index contributed by atoms with van der Waals surface area (Å²) >= 11 is 14.0. The Balaban J connectivity index is 2.04. The fourth-order valence-corrected chi connectivity index (χ4v) is 4.20. The van der Waals surface area contributed by atoms with Gasteiger partial charge in [-0.15, -0.1) is 11.8 Å². The van der Waals surface area contributed by atoms with Crippen molar-refractivity contribution in [1.82, 2.24) is 4.98 Å². The lowest BCUT2D eigenvalue weighted by Gasteiger charge is -2.24. The Morgan fingerprint density at radius 2 is 2.00 bits per heavy atom. The minimum absolute atomic E-state index is 0.0665. The topological polar surface area (TPSA) is 57.0 Å². The van der Waals surface area contributed by atoms with Crippen LogP contribution in [0.1, 0.15) is 16.5 Å². The molecule has 0 saturated carbocycles. The van der Waals surface area contributed by atoms with Gasteiger partial charge in [0, 0.05) is 21.8 Å². The Hall–Kier alpha value is -1.74. The second-order valence-electron chi connectivity index (χ2n) is 4.58. The highest BCUT2D eigenvalue weighted by Crippen LogP contribution is 2.45. The number of rotatable bonds is 2. The van der Waals surface area contributed by atoms with Gasteiger partial charge in [0.25, 0.3) is 0 Å². The van der Waals surface area contributed by atoms with Crippen LogP contribution in [0.4, 0.5) is 5.82 Å². The second-order valence-corrected chi connectivity index (χ2v) is 6.46. The summed E-state index contributed by atoms with van der Waals surface area (Å²) in [4.78, 5) is 18.0. The predicted molar refractivity (Wildman–Crippen MR) is 88.1 cm³/mol. The third-order valence-corrected chi connectivity index (χ3v) is 5.07. The number of nitrogens with zero attached hydrogens (tertiary/aromatic N) is 3. The zero-order valence-corrected chi connectivity index (χ0v) is 13.5. The van der Waals surface area contributed by atoms with Gasteiger partial charge in [-0.25, -0.2) is 4.98 Å². The number of carbonyl (C=O) groups is 1. The summed E-state index contributed by atoms with van der Waals surface area (Å²) in [5.41, 5.74) is 1.14. The van der Waals surface area contributed by atoms with Crippen LogP contribution in [0, 0.1) is 11.3 Å². The Labute approximate surface area is 141 Å². The molecule has 0 N–H and O–H groups in total. The van der Waals surface area contributed by atoms with E-state index in [4.69, 9.17) is 28.5 Å². The Morgan fingerprint density at radius 3 is 2.59 bits per heavy atom. The lowest BCUT2D eigenvalue weighted by Crippen LogP contribution is -2.29. The van der Waals surface area contributed by atoms with Crippen LogP contribution in [0.5, 0.6) is 0 Å². The number of hydrogen-bond acceptors (Lipinski definition) is 4. The van der Waals surface area contributed by atoms with Crippen LogP contribution >= 0.6 is 35.0 Å². The summed E-state index contributed by atoms with van der Waals surface area (Å²) in [5, 5.41) is 9.54. The standard InChI is InChI=1S/C15H9Cl2N3OS/c16-10-2-1-3-11(17)14(10)15-20(13(21)8-22-15)12-5-4-9(6-18)7-19-12/h1-5,7,15H,8H2/t15-/m0/s1. The zero-order chi connectivity index (χ0) is 15.7. The van der Waals surface area contributed by atoms with E-state index in [9.17, 15) is 4.79 Å². The van der Waals surface area contributed by atoms with E-state index in [2.05, 4.69) is 4.98 Å². The number of halogens is 2. The van der Waals surface area contributed by atoms with Crippen LogP contribution in [-0.2, 0) is 4.79 Å². The fraction of sp³-hybridized carbons (Fsp3) is 0.133. The number of hydrogen-bond donors (Lipinski definition) is 0. The maximum Gasteiger partial charge on any atom is 0.239 e. The molecular weight excluding hydrogens is 341 g/mol. The van der Waals surface area contributed by atoms with E-state index in [1.165, 1.54) is 18.0 Å². The number of aromatic nitrogens is 1. The van der Waals surface area contributed by atoms with Crippen LogP contribution in [-0.4, -0.2) is 16.6 Å². The van der Waals surface area contributed by atoms with Gasteiger partial charge < -0.3 is 0 Å². The molecule has 0 aliphatic carbocycles. The molecule has 1 aliphatic rings. The third-order valence-electron chi connectivity index (χ3n) is 3.24. The summed E-state index contributed by atoms with van der Waals surface area (Å²) in [6.07, 6.45) is 1.44. The van der Waals surface area contributed by atoms with Gasteiger partial charge in [-0.1, -0.05) is 29.3 Å². The van der Waals surface area contributed by atoms with Crippen LogP contribution in [0.25, 0.3) is 0 Å². The average molecular weight is 350 g/mol. The maximum atomic E-state index is 12.2. The molecular formula is C15H9Cl2N3OS. The molecule has 0 radical (unpaired) electrons. The first-order valence-electron chi connectivity index (χ1n) is 6.35. The van der Waals surface area contributed by atoms with Crippen molar-refractivity contribution in [3.63, 3.8) is 0 Å². The lowest BCUT2D eigenvalue weighted by molar-refractivity contribution is -0.115. The van der Waals surface area contributed by atoms with Crippen molar-refractivity contribution in [2.75, 3.05) is 10.7 Å². The highest BCUT2D eigenvalue weighted by Gasteiger charge is 2.37. The molecule has 1 saturated heterocycles. The molecule has 1 aromatic heterocycles. The molecule has 1 atom stereocenters. The van der Waals surface area contributed by atoms with E-state index in [1.54, 1.807) is 35.2 Å². The van der Waals surface area contributed by atoms with E-state index in [1.807, 2.05) is 6.07 Å². The third kappa shape index (κ3) is 2.66. The van der Waals surface area contributed by atoms with Gasteiger partial charge in [-0.2, -0.15) is 5.26 Å². The maximum absolute atomic E-state index is 12.2. The monoisotopic (exact) mass is 349 g/mol. The number of benzene rings is 1. The minimum Gasteiger partial charge on any atom is -0.279 e. The molecule has 1 aromatic carbocycles. The number of thioether (sulfide) groups is 1. The SMILES string of the molecule is N#Cc1ccc(N2C(=O)CS[C@H]2c2c(Cl)cccc2Cl)nc1. The first-order chi connectivity index (χ1) is 10.6. The van der Waals surface area contributed by atoms with Crippen molar-refractivity contribution in [3.8, 4) is 6.07 Å². The molecule has 1 aliphatic heterocycles. The summed E-state index contributed by atoms with van der Waals surface area (Å²) in [6, 6.07) is 10.5. The molecule has 3 rings (SSSR count). The van der Waals surface area contributed by atoms with Crippen molar-refractivity contribution in [2.45, 2.75) is 5.37 Å². The molecule has 1 amide bonds. The van der Waals surface area contributed by atoms with E-state index < -0.39 is 0 Å². The summed E-state index contributed by atoms with van der Waals surface area (Å²) in [5.74, 6) is 0.742. The van der Waals surface area contributed by atoms with Gasteiger partial charge in [0.1, 0.15) is 17.3 Å². The van der Waals surface area contributed by atoms with Crippen molar-refractivity contribution < 1.29 is 4.79 Å². The van der Waals surface area contributed by atoms with Crippen LogP contribution < -0.4 is 4.90 Å². The smallest absolute Gasteiger partial charge is 0.239 e. The van der Waals surface area contributed by atoms with Crippen LogP contribution in [0.3, 0.4) is 0 Å². The van der Waals surface area contributed by atoms with Gasteiger partial charge in [-0.3, -0.25) is 9.69 Å². The Morgan fingerprint density at radius 1 is 1.27 bits per heavy atom.